The quantitative estimate of drug-likeness (QED) is 0.794. The summed E-state index contributed by atoms with van der Waals surface area (Å²) in [5.41, 5.74) is 3.80. The number of aryl methyl sites for hydroxylation is 1. The lowest BCUT2D eigenvalue weighted by atomic mass is 10.1. The van der Waals surface area contributed by atoms with Crippen LogP contribution in [0.4, 0.5) is 0 Å². The molecule has 0 radical (unpaired) electrons. The number of carbonyl (C=O) groups excluding carboxylic acids is 1. The molecule has 1 unspecified atom stereocenters. The lowest BCUT2D eigenvalue weighted by Gasteiger charge is -2.30. The van der Waals surface area contributed by atoms with Crippen molar-refractivity contribution in [2.75, 3.05) is 13.1 Å². The summed E-state index contributed by atoms with van der Waals surface area (Å²) >= 11 is 0. The second-order valence-corrected chi connectivity index (χ2v) is 7.14. The van der Waals surface area contributed by atoms with Crippen molar-refractivity contribution in [3.8, 4) is 0 Å². The van der Waals surface area contributed by atoms with Crippen molar-refractivity contribution in [1.82, 2.24) is 14.8 Å². The minimum absolute atomic E-state index is 0.288. The number of rotatable bonds is 6. The first-order valence-corrected chi connectivity index (χ1v) is 9.62. The van der Waals surface area contributed by atoms with Crippen molar-refractivity contribution in [1.29, 1.82) is 0 Å². The number of likely N-dealkylation sites (tertiary alicyclic amines) is 1. The Morgan fingerprint density at radius 2 is 1.92 bits per heavy atom. The third-order valence-corrected chi connectivity index (χ3v) is 5.46. The van der Waals surface area contributed by atoms with Crippen LogP contribution in [0.5, 0.6) is 0 Å². The molecule has 0 N–H and O–H groups in total. The zero-order valence-electron chi connectivity index (χ0n) is 15.9. The third kappa shape index (κ3) is 4.70. The van der Waals surface area contributed by atoms with Crippen LogP contribution in [-0.2, 0) is 17.9 Å². The summed E-state index contributed by atoms with van der Waals surface area (Å²) in [4.78, 5) is 21.3. The standard InChI is InChI=1S/C22H29N3O/c1-3-24(16-19-10-13-23-14-11-19)21-8-9-22(26)25(15-12-21)17-20-7-5-4-6-18(20)2/h4-7,10-11,13-14,21H,3,8-9,12,15-17H2,1-2H3. The van der Waals surface area contributed by atoms with Crippen LogP contribution in [-0.4, -0.2) is 39.8 Å². The van der Waals surface area contributed by atoms with E-state index >= 15 is 0 Å². The molecule has 1 saturated heterocycles. The molecular formula is C22H29N3O. The van der Waals surface area contributed by atoms with Crippen LogP contribution >= 0.6 is 0 Å². The van der Waals surface area contributed by atoms with Crippen LogP contribution in [0, 0.1) is 6.92 Å². The molecule has 0 spiro atoms. The Labute approximate surface area is 156 Å². The zero-order valence-corrected chi connectivity index (χ0v) is 15.9. The van der Waals surface area contributed by atoms with Gasteiger partial charge in [-0.2, -0.15) is 0 Å². The highest BCUT2D eigenvalue weighted by Crippen LogP contribution is 2.21. The summed E-state index contributed by atoms with van der Waals surface area (Å²) in [6, 6.07) is 13.0. The highest BCUT2D eigenvalue weighted by atomic mass is 16.2. The second-order valence-electron chi connectivity index (χ2n) is 7.14. The van der Waals surface area contributed by atoms with E-state index in [1.807, 2.05) is 17.3 Å². The first-order valence-electron chi connectivity index (χ1n) is 9.62. The van der Waals surface area contributed by atoms with E-state index in [0.717, 1.165) is 39.0 Å². The maximum Gasteiger partial charge on any atom is 0.222 e. The summed E-state index contributed by atoms with van der Waals surface area (Å²) in [7, 11) is 0. The maximum atomic E-state index is 12.6. The van der Waals surface area contributed by atoms with Crippen LogP contribution in [0.1, 0.15) is 42.9 Å². The van der Waals surface area contributed by atoms with Crippen molar-refractivity contribution < 1.29 is 4.79 Å². The number of carbonyl (C=O) groups is 1. The topological polar surface area (TPSA) is 36.4 Å². The van der Waals surface area contributed by atoms with Gasteiger partial charge in [-0.15, -0.1) is 0 Å². The maximum absolute atomic E-state index is 12.6. The SMILES string of the molecule is CCN(Cc1ccncc1)C1CCC(=O)N(Cc2ccccc2C)CC1. The Kier molecular flexibility index (Phi) is 6.40. The molecule has 3 rings (SSSR count). The molecule has 4 nitrogen and oxygen atoms in total. The van der Waals surface area contributed by atoms with E-state index in [1.54, 1.807) is 0 Å². The molecule has 0 aliphatic carbocycles. The van der Waals surface area contributed by atoms with Crippen molar-refractivity contribution in [3.05, 3.63) is 65.5 Å². The number of hydrogen-bond acceptors (Lipinski definition) is 3. The number of pyridine rings is 1. The molecule has 1 aliphatic heterocycles. The van der Waals surface area contributed by atoms with E-state index in [9.17, 15) is 4.79 Å². The fourth-order valence-electron chi connectivity index (χ4n) is 3.77. The molecular weight excluding hydrogens is 322 g/mol. The van der Waals surface area contributed by atoms with Gasteiger partial charge in [0.1, 0.15) is 0 Å². The molecule has 26 heavy (non-hydrogen) atoms. The number of benzene rings is 1. The minimum atomic E-state index is 0.288. The van der Waals surface area contributed by atoms with Crippen LogP contribution in [0.25, 0.3) is 0 Å². The van der Waals surface area contributed by atoms with Gasteiger partial charge < -0.3 is 4.90 Å². The fraction of sp³-hybridized carbons (Fsp3) is 0.455. The molecule has 4 heteroatoms. The molecule has 138 valence electrons. The second kappa shape index (κ2) is 8.95. The number of aromatic nitrogens is 1. The lowest BCUT2D eigenvalue weighted by Crippen LogP contribution is -2.35. The Hall–Kier alpha value is -2.20. The summed E-state index contributed by atoms with van der Waals surface area (Å²) in [5.74, 6) is 0.288. The van der Waals surface area contributed by atoms with Crippen LogP contribution < -0.4 is 0 Å². The van der Waals surface area contributed by atoms with Gasteiger partial charge in [0, 0.05) is 44.5 Å². The van der Waals surface area contributed by atoms with Crippen molar-refractivity contribution in [2.24, 2.45) is 0 Å². The van der Waals surface area contributed by atoms with E-state index in [4.69, 9.17) is 0 Å². The van der Waals surface area contributed by atoms with Gasteiger partial charge >= 0.3 is 0 Å². The molecule has 1 amide bonds. The smallest absolute Gasteiger partial charge is 0.222 e. The summed E-state index contributed by atoms with van der Waals surface area (Å²) in [5, 5.41) is 0. The number of amides is 1. The number of hydrogen-bond donors (Lipinski definition) is 0. The van der Waals surface area contributed by atoms with Gasteiger partial charge in [-0.05, 0) is 55.1 Å². The highest BCUT2D eigenvalue weighted by molar-refractivity contribution is 5.76. The molecule has 1 aromatic carbocycles. The highest BCUT2D eigenvalue weighted by Gasteiger charge is 2.26. The predicted molar refractivity (Wildman–Crippen MR) is 105 cm³/mol. The lowest BCUT2D eigenvalue weighted by molar-refractivity contribution is -0.131. The molecule has 1 aromatic heterocycles. The zero-order chi connectivity index (χ0) is 18.4. The van der Waals surface area contributed by atoms with E-state index in [0.29, 0.717) is 12.5 Å². The Bertz CT molecular complexity index is 716. The Morgan fingerprint density at radius 1 is 1.15 bits per heavy atom. The fourth-order valence-corrected chi connectivity index (χ4v) is 3.77. The molecule has 0 saturated carbocycles. The summed E-state index contributed by atoms with van der Waals surface area (Å²) in [6.45, 7) is 7.82. The molecule has 2 aromatic rings. The first kappa shape index (κ1) is 18.6. The Balaban J connectivity index is 1.64. The van der Waals surface area contributed by atoms with E-state index in [2.05, 4.69) is 60.1 Å². The molecule has 1 fully saturated rings. The summed E-state index contributed by atoms with van der Waals surface area (Å²) in [6.07, 6.45) is 6.33. The van der Waals surface area contributed by atoms with E-state index in [1.165, 1.54) is 16.7 Å². The predicted octanol–water partition coefficient (Wildman–Crippen LogP) is 3.79. The average Bonchev–Trinajstić information content (AvgIpc) is 2.85. The van der Waals surface area contributed by atoms with Gasteiger partial charge in [0.25, 0.3) is 0 Å². The average molecular weight is 351 g/mol. The molecule has 2 heterocycles. The van der Waals surface area contributed by atoms with E-state index < -0.39 is 0 Å². The van der Waals surface area contributed by atoms with Gasteiger partial charge in [-0.3, -0.25) is 14.7 Å². The normalized spacial score (nSPS) is 18.2. The number of nitrogens with zero attached hydrogens (tertiary/aromatic N) is 3. The minimum Gasteiger partial charge on any atom is -0.338 e. The monoisotopic (exact) mass is 351 g/mol. The van der Waals surface area contributed by atoms with Gasteiger partial charge in [0.05, 0.1) is 0 Å². The summed E-state index contributed by atoms with van der Waals surface area (Å²) < 4.78 is 0. The van der Waals surface area contributed by atoms with Crippen LogP contribution in [0.3, 0.4) is 0 Å². The Morgan fingerprint density at radius 3 is 2.65 bits per heavy atom. The van der Waals surface area contributed by atoms with Crippen molar-refractivity contribution in [3.63, 3.8) is 0 Å². The van der Waals surface area contributed by atoms with Crippen molar-refractivity contribution >= 4 is 5.91 Å². The van der Waals surface area contributed by atoms with E-state index in [-0.39, 0.29) is 5.91 Å². The molecule has 1 atom stereocenters. The van der Waals surface area contributed by atoms with Crippen molar-refractivity contribution in [2.45, 2.75) is 52.2 Å². The van der Waals surface area contributed by atoms with Crippen LogP contribution in [0.15, 0.2) is 48.8 Å². The first-order chi connectivity index (χ1) is 12.7. The van der Waals surface area contributed by atoms with Gasteiger partial charge in [-0.1, -0.05) is 31.2 Å². The van der Waals surface area contributed by atoms with Crippen LogP contribution in [0.2, 0.25) is 0 Å². The third-order valence-electron chi connectivity index (χ3n) is 5.46. The van der Waals surface area contributed by atoms with Gasteiger partial charge in [0.2, 0.25) is 5.91 Å². The molecule has 0 bridgehead atoms. The molecule has 1 aliphatic rings. The van der Waals surface area contributed by atoms with Gasteiger partial charge in [0.15, 0.2) is 0 Å². The largest absolute Gasteiger partial charge is 0.338 e. The van der Waals surface area contributed by atoms with Gasteiger partial charge in [-0.25, -0.2) is 0 Å².